The summed E-state index contributed by atoms with van der Waals surface area (Å²) in [6, 6.07) is 0. The number of carbonyl (C=O) groups is 2. The summed E-state index contributed by atoms with van der Waals surface area (Å²) in [5.41, 5.74) is -1.52. The SMILES string of the molecule is CC(C(=NC(=O)OC(C)(C)C)C(=O)O)S(=O)O. The van der Waals surface area contributed by atoms with E-state index < -0.39 is 39.7 Å². The number of aliphatic imine (C=N–C) groups is 1. The average molecular weight is 265 g/mol. The predicted molar refractivity (Wildman–Crippen MR) is 61.5 cm³/mol. The maximum Gasteiger partial charge on any atom is 0.434 e. The van der Waals surface area contributed by atoms with Crippen LogP contribution >= 0.6 is 0 Å². The first-order chi connectivity index (χ1) is 7.54. The number of hydrogen-bond acceptors (Lipinski definition) is 4. The van der Waals surface area contributed by atoms with E-state index in [9.17, 15) is 13.8 Å². The molecule has 2 unspecified atom stereocenters. The van der Waals surface area contributed by atoms with Crippen molar-refractivity contribution in [1.29, 1.82) is 0 Å². The van der Waals surface area contributed by atoms with Crippen molar-refractivity contribution >= 4 is 28.9 Å². The third-order valence-electron chi connectivity index (χ3n) is 1.51. The van der Waals surface area contributed by atoms with E-state index in [2.05, 4.69) is 4.99 Å². The maximum atomic E-state index is 11.2. The lowest BCUT2D eigenvalue weighted by Gasteiger charge is -2.17. The summed E-state index contributed by atoms with van der Waals surface area (Å²) < 4.78 is 24.3. The van der Waals surface area contributed by atoms with Gasteiger partial charge in [0, 0.05) is 0 Å². The Kier molecular flexibility index (Phi) is 5.43. The molecule has 0 aliphatic heterocycles. The summed E-state index contributed by atoms with van der Waals surface area (Å²) in [6.45, 7) is 5.95. The van der Waals surface area contributed by atoms with Crippen LogP contribution in [-0.2, 0) is 20.6 Å². The van der Waals surface area contributed by atoms with Crippen LogP contribution in [0.1, 0.15) is 27.7 Å². The molecule has 0 bridgehead atoms. The van der Waals surface area contributed by atoms with Crippen molar-refractivity contribution in [2.45, 2.75) is 38.5 Å². The fourth-order valence-electron chi connectivity index (χ4n) is 0.791. The van der Waals surface area contributed by atoms with Crippen molar-refractivity contribution in [2.75, 3.05) is 0 Å². The topological polar surface area (TPSA) is 113 Å². The Morgan fingerprint density at radius 3 is 2.12 bits per heavy atom. The van der Waals surface area contributed by atoms with Crippen molar-refractivity contribution in [3.8, 4) is 0 Å². The van der Waals surface area contributed by atoms with Crippen molar-refractivity contribution < 1.29 is 28.2 Å². The zero-order valence-electron chi connectivity index (χ0n) is 9.96. The number of carboxylic acids is 1. The summed E-state index contributed by atoms with van der Waals surface area (Å²) in [5, 5.41) is 7.48. The van der Waals surface area contributed by atoms with Gasteiger partial charge < -0.3 is 14.4 Å². The standard InChI is InChI=1S/C9H15NO6S/c1-5(17(14)15)6(7(11)12)10-8(13)16-9(2,3)4/h5H,1-4H3,(H,11,12)(H,14,15). The molecule has 17 heavy (non-hydrogen) atoms. The lowest BCUT2D eigenvalue weighted by molar-refractivity contribution is -0.129. The van der Waals surface area contributed by atoms with Gasteiger partial charge in [-0.3, -0.25) is 0 Å². The van der Waals surface area contributed by atoms with E-state index in [0.29, 0.717) is 0 Å². The molecule has 0 aromatic heterocycles. The van der Waals surface area contributed by atoms with Crippen LogP contribution in [-0.4, -0.2) is 42.5 Å². The summed E-state index contributed by atoms with van der Waals surface area (Å²) in [5.74, 6) is -1.54. The number of nitrogens with zero attached hydrogens (tertiary/aromatic N) is 1. The summed E-state index contributed by atoms with van der Waals surface area (Å²) in [7, 11) is 0. The van der Waals surface area contributed by atoms with E-state index in [4.69, 9.17) is 14.4 Å². The molecule has 0 rings (SSSR count). The Hall–Kier alpha value is -1.28. The van der Waals surface area contributed by atoms with Gasteiger partial charge >= 0.3 is 12.1 Å². The smallest absolute Gasteiger partial charge is 0.434 e. The Balaban J connectivity index is 5.02. The molecule has 0 radical (unpaired) electrons. The van der Waals surface area contributed by atoms with Crippen LogP contribution in [0, 0.1) is 0 Å². The quantitative estimate of drug-likeness (QED) is 0.582. The van der Waals surface area contributed by atoms with Crippen LogP contribution in [0.15, 0.2) is 4.99 Å². The Labute approximate surface area is 101 Å². The molecule has 8 heteroatoms. The maximum absolute atomic E-state index is 11.2. The van der Waals surface area contributed by atoms with Gasteiger partial charge in [0.25, 0.3) is 0 Å². The Morgan fingerprint density at radius 2 is 1.82 bits per heavy atom. The van der Waals surface area contributed by atoms with Gasteiger partial charge in [-0.05, 0) is 27.7 Å². The second-order valence-electron chi connectivity index (χ2n) is 4.20. The molecule has 2 atom stereocenters. The minimum Gasteiger partial charge on any atom is -0.477 e. The molecule has 7 nitrogen and oxygen atoms in total. The monoisotopic (exact) mass is 265 g/mol. The van der Waals surface area contributed by atoms with Gasteiger partial charge in [-0.15, -0.1) is 0 Å². The van der Waals surface area contributed by atoms with Gasteiger partial charge in [0.05, 0.1) is 0 Å². The van der Waals surface area contributed by atoms with Crippen molar-refractivity contribution in [1.82, 2.24) is 0 Å². The number of ether oxygens (including phenoxy) is 1. The lowest BCUT2D eigenvalue weighted by atomic mass is 10.2. The second-order valence-corrected chi connectivity index (χ2v) is 5.46. The third kappa shape index (κ3) is 6.12. The molecule has 0 aliphatic rings. The van der Waals surface area contributed by atoms with Gasteiger partial charge in [0.2, 0.25) is 0 Å². The number of carbonyl (C=O) groups excluding carboxylic acids is 1. The average Bonchev–Trinajstić information content (AvgIpc) is 2.09. The highest BCUT2D eigenvalue weighted by Gasteiger charge is 2.26. The van der Waals surface area contributed by atoms with Crippen LogP contribution in [0.25, 0.3) is 0 Å². The third-order valence-corrected chi connectivity index (χ3v) is 2.34. The zero-order valence-corrected chi connectivity index (χ0v) is 10.8. The van der Waals surface area contributed by atoms with E-state index in [1.807, 2.05) is 0 Å². The molecule has 2 N–H and O–H groups in total. The minimum atomic E-state index is -2.42. The molecule has 1 amide bonds. The number of hydrogen-bond donors (Lipinski definition) is 2. The number of aliphatic carboxylic acids is 1. The van der Waals surface area contributed by atoms with Gasteiger partial charge in [-0.1, -0.05) is 0 Å². The van der Waals surface area contributed by atoms with Crippen molar-refractivity contribution in [2.24, 2.45) is 4.99 Å². The van der Waals surface area contributed by atoms with E-state index in [1.165, 1.54) is 6.92 Å². The van der Waals surface area contributed by atoms with Crippen LogP contribution in [0.3, 0.4) is 0 Å². The Bertz CT molecular complexity index is 370. The van der Waals surface area contributed by atoms with E-state index in [-0.39, 0.29) is 0 Å². The van der Waals surface area contributed by atoms with Gasteiger partial charge in [0.1, 0.15) is 10.9 Å². The number of carboxylic acid groups (broad SMARTS) is 1. The molecule has 0 saturated carbocycles. The van der Waals surface area contributed by atoms with Crippen LogP contribution in [0.2, 0.25) is 0 Å². The molecule has 98 valence electrons. The first-order valence-corrected chi connectivity index (χ1v) is 5.86. The van der Waals surface area contributed by atoms with E-state index in [1.54, 1.807) is 20.8 Å². The molecule has 0 aromatic rings. The second kappa shape index (κ2) is 5.87. The fourth-order valence-corrected chi connectivity index (χ4v) is 1.14. The summed E-state index contributed by atoms with van der Waals surface area (Å²) in [4.78, 5) is 25.2. The molecule has 0 heterocycles. The van der Waals surface area contributed by atoms with Crippen molar-refractivity contribution in [3.05, 3.63) is 0 Å². The predicted octanol–water partition coefficient (Wildman–Crippen LogP) is 1.06. The molecular weight excluding hydrogens is 250 g/mol. The normalized spacial score (nSPS) is 16.2. The number of rotatable bonds is 3. The highest BCUT2D eigenvalue weighted by molar-refractivity contribution is 7.80. The molecular formula is C9H15NO6S. The largest absolute Gasteiger partial charge is 0.477 e. The molecule has 0 fully saturated rings. The zero-order chi connectivity index (χ0) is 13.8. The molecule has 0 aliphatic carbocycles. The van der Waals surface area contributed by atoms with Crippen LogP contribution in [0.4, 0.5) is 4.79 Å². The summed E-state index contributed by atoms with van der Waals surface area (Å²) >= 11 is -2.42. The number of amides is 1. The van der Waals surface area contributed by atoms with E-state index in [0.717, 1.165) is 0 Å². The van der Waals surface area contributed by atoms with Crippen LogP contribution in [0.5, 0.6) is 0 Å². The van der Waals surface area contributed by atoms with Gasteiger partial charge in [0.15, 0.2) is 16.8 Å². The fraction of sp³-hybridized carbons (Fsp3) is 0.667. The van der Waals surface area contributed by atoms with Crippen LogP contribution < -0.4 is 0 Å². The lowest BCUT2D eigenvalue weighted by Crippen LogP contribution is -2.32. The molecule has 0 aromatic carbocycles. The van der Waals surface area contributed by atoms with Crippen molar-refractivity contribution in [3.63, 3.8) is 0 Å². The first-order valence-electron chi connectivity index (χ1n) is 4.69. The van der Waals surface area contributed by atoms with Gasteiger partial charge in [-0.2, -0.15) is 4.99 Å². The minimum absolute atomic E-state index is 0.708. The van der Waals surface area contributed by atoms with Gasteiger partial charge in [-0.25, -0.2) is 13.8 Å². The molecule has 0 spiro atoms. The molecule has 0 saturated heterocycles. The highest BCUT2D eigenvalue weighted by Crippen LogP contribution is 2.09. The Morgan fingerprint density at radius 1 is 1.35 bits per heavy atom. The van der Waals surface area contributed by atoms with E-state index >= 15 is 0 Å². The first kappa shape index (κ1) is 15.7. The summed E-state index contributed by atoms with van der Waals surface area (Å²) in [6.07, 6.45) is -1.10. The highest BCUT2D eigenvalue weighted by atomic mass is 32.2.